The molecule has 0 saturated heterocycles. The molecule has 5 rings (SSSR count). The lowest BCUT2D eigenvalue weighted by molar-refractivity contribution is 0.585. The SMILES string of the molecule is Cc1ccc(S(=O)(=O)N2c3ccccc3S/C(=C(/Br)c3ccccc3)C2c2ccccc2)cc1. The van der Waals surface area contributed by atoms with Crippen LogP contribution in [-0.4, -0.2) is 8.42 Å². The van der Waals surface area contributed by atoms with E-state index in [0.29, 0.717) is 5.69 Å². The van der Waals surface area contributed by atoms with Gasteiger partial charge in [0, 0.05) is 14.3 Å². The number of sulfonamides is 1. The zero-order valence-corrected chi connectivity index (χ0v) is 21.6. The lowest BCUT2D eigenvalue weighted by atomic mass is 10.0. The molecule has 1 aliphatic rings. The van der Waals surface area contributed by atoms with Crippen molar-refractivity contribution in [2.75, 3.05) is 4.31 Å². The van der Waals surface area contributed by atoms with Crippen LogP contribution in [0.15, 0.2) is 124 Å². The van der Waals surface area contributed by atoms with Gasteiger partial charge in [0.05, 0.1) is 10.6 Å². The van der Waals surface area contributed by atoms with Crippen molar-refractivity contribution >= 4 is 47.9 Å². The van der Waals surface area contributed by atoms with Gasteiger partial charge in [-0.1, -0.05) is 102 Å². The van der Waals surface area contributed by atoms with Crippen molar-refractivity contribution in [1.82, 2.24) is 0 Å². The first-order chi connectivity index (χ1) is 16.5. The summed E-state index contributed by atoms with van der Waals surface area (Å²) < 4.78 is 30.9. The van der Waals surface area contributed by atoms with Crippen molar-refractivity contribution in [3.05, 3.63) is 131 Å². The smallest absolute Gasteiger partial charge is 0.253 e. The van der Waals surface area contributed by atoms with E-state index in [0.717, 1.165) is 31.0 Å². The van der Waals surface area contributed by atoms with Crippen LogP contribution in [0, 0.1) is 6.92 Å². The number of thioether (sulfide) groups is 1. The number of anilines is 1. The molecule has 0 spiro atoms. The minimum absolute atomic E-state index is 0.274. The molecule has 0 aromatic heterocycles. The predicted molar refractivity (Wildman–Crippen MR) is 145 cm³/mol. The molecule has 4 aromatic rings. The third-order valence-electron chi connectivity index (χ3n) is 5.74. The minimum Gasteiger partial charge on any atom is -0.253 e. The highest BCUT2D eigenvalue weighted by molar-refractivity contribution is 9.15. The van der Waals surface area contributed by atoms with Gasteiger partial charge in [-0.25, -0.2) is 8.42 Å². The third kappa shape index (κ3) is 4.22. The molecular weight excluding hydrogens is 526 g/mol. The second-order valence-corrected chi connectivity index (χ2v) is 11.7. The summed E-state index contributed by atoms with van der Waals surface area (Å²) in [5.41, 5.74) is 3.60. The fraction of sp³-hybridized carbons (Fsp3) is 0.0714. The van der Waals surface area contributed by atoms with Crippen molar-refractivity contribution in [3.8, 4) is 0 Å². The van der Waals surface area contributed by atoms with Crippen molar-refractivity contribution in [2.45, 2.75) is 22.8 Å². The molecule has 1 aliphatic heterocycles. The minimum atomic E-state index is -3.87. The van der Waals surface area contributed by atoms with Crippen molar-refractivity contribution in [1.29, 1.82) is 0 Å². The van der Waals surface area contributed by atoms with Crippen LogP contribution in [0.2, 0.25) is 0 Å². The van der Waals surface area contributed by atoms with E-state index in [1.54, 1.807) is 28.2 Å². The molecule has 0 amide bonds. The molecule has 1 unspecified atom stereocenters. The summed E-state index contributed by atoms with van der Waals surface area (Å²) in [7, 11) is -3.87. The second kappa shape index (κ2) is 9.45. The fourth-order valence-electron chi connectivity index (χ4n) is 4.05. The van der Waals surface area contributed by atoms with Gasteiger partial charge < -0.3 is 0 Å². The molecule has 0 saturated carbocycles. The van der Waals surface area contributed by atoms with Gasteiger partial charge in [-0.15, -0.1) is 0 Å². The van der Waals surface area contributed by atoms with E-state index in [1.807, 2.05) is 104 Å². The molecule has 0 fully saturated rings. The summed E-state index contributed by atoms with van der Waals surface area (Å²) in [6.07, 6.45) is 0. The molecule has 0 N–H and O–H groups in total. The zero-order chi connectivity index (χ0) is 23.7. The predicted octanol–water partition coefficient (Wildman–Crippen LogP) is 7.80. The first-order valence-corrected chi connectivity index (χ1v) is 13.9. The van der Waals surface area contributed by atoms with E-state index in [9.17, 15) is 8.42 Å². The van der Waals surface area contributed by atoms with E-state index < -0.39 is 16.1 Å². The van der Waals surface area contributed by atoms with Crippen LogP contribution >= 0.6 is 27.7 Å². The highest BCUT2D eigenvalue weighted by atomic mass is 79.9. The first-order valence-electron chi connectivity index (χ1n) is 10.8. The number of para-hydroxylation sites is 1. The highest BCUT2D eigenvalue weighted by Gasteiger charge is 2.41. The maximum atomic E-state index is 14.2. The van der Waals surface area contributed by atoms with Gasteiger partial charge in [0.2, 0.25) is 0 Å². The molecule has 170 valence electrons. The highest BCUT2D eigenvalue weighted by Crippen LogP contribution is 2.55. The van der Waals surface area contributed by atoms with Gasteiger partial charge >= 0.3 is 0 Å². The molecule has 4 aromatic carbocycles. The van der Waals surface area contributed by atoms with Crippen molar-refractivity contribution < 1.29 is 8.42 Å². The number of nitrogens with zero attached hydrogens (tertiary/aromatic N) is 1. The Labute approximate surface area is 213 Å². The summed E-state index contributed by atoms with van der Waals surface area (Å²) in [5, 5.41) is 0. The molecule has 1 atom stereocenters. The summed E-state index contributed by atoms with van der Waals surface area (Å²) >= 11 is 5.44. The maximum Gasteiger partial charge on any atom is 0.265 e. The normalized spacial score (nSPS) is 17.2. The molecule has 1 heterocycles. The van der Waals surface area contributed by atoms with E-state index in [4.69, 9.17) is 0 Å². The number of benzene rings is 4. The monoisotopic (exact) mass is 547 g/mol. The lowest BCUT2D eigenvalue weighted by Gasteiger charge is -2.39. The largest absolute Gasteiger partial charge is 0.265 e. The van der Waals surface area contributed by atoms with E-state index in [1.165, 1.54) is 0 Å². The Morgan fingerprint density at radius 2 is 1.38 bits per heavy atom. The third-order valence-corrected chi connectivity index (χ3v) is 9.90. The number of aryl methyl sites for hydroxylation is 1. The number of halogens is 1. The summed E-state index contributed by atoms with van der Waals surface area (Å²) in [4.78, 5) is 2.09. The molecule has 6 heteroatoms. The van der Waals surface area contributed by atoms with E-state index in [2.05, 4.69) is 15.9 Å². The quantitative estimate of drug-likeness (QED) is 0.261. The van der Waals surface area contributed by atoms with Crippen LogP contribution in [-0.2, 0) is 10.0 Å². The molecule has 0 aliphatic carbocycles. The van der Waals surface area contributed by atoms with Crippen LogP contribution < -0.4 is 4.31 Å². The Bertz CT molecular complexity index is 1450. The Balaban J connectivity index is 1.81. The van der Waals surface area contributed by atoms with Gasteiger partial charge in [-0.05, 0) is 58.2 Å². The van der Waals surface area contributed by atoms with Crippen LogP contribution in [0.4, 0.5) is 5.69 Å². The standard InChI is InChI=1S/C28H22BrNO2S2/c1-20-16-18-23(19-17-20)34(31,32)30-24-14-8-9-15-25(24)33-28(26(29)21-10-4-2-5-11-21)27(30)22-12-6-3-7-13-22/h2-19,27H,1H3/b28-26+. The van der Waals surface area contributed by atoms with E-state index >= 15 is 0 Å². The van der Waals surface area contributed by atoms with Crippen LogP contribution in [0.3, 0.4) is 0 Å². The number of fused-ring (bicyclic) bond motifs is 1. The summed E-state index contributed by atoms with van der Waals surface area (Å²) in [6.45, 7) is 1.95. The average Bonchev–Trinajstić information content (AvgIpc) is 2.88. The van der Waals surface area contributed by atoms with Gasteiger partial charge in [0.15, 0.2) is 0 Å². The molecular formula is C28H22BrNO2S2. The first kappa shape index (κ1) is 23.0. The zero-order valence-electron chi connectivity index (χ0n) is 18.4. The van der Waals surface area contributed by atoms with Crippen LogP contribution in [0.1, 0.15) is 22.7 Å². The van der Waals surface area contributed by atoms with Gasteiger partial charge in [0.25, 0.3) is 10.0 Å². The van der Waals surface area contributed by atoms with Crippen molar-refractivity contribution in [2.24, 2.45) is 0 Å². The summed E-state index contributed by atoms with van der Waals surface area (Å²) in [6, 6.07) is 34.0. The Kier molecular flexibility index (Phi) is 6.38. The Morgan fingerprint density at radius 1 is 0.794 bits per heavy atom. The summed E-state index contributed by atoms with van der Waals surface area (Å²) in [5.74, 6) is 0. The van der Waals surface area contributed by atoms with Gasteiger partial charge in [-0.3, -0.25) is 4.31 Å². The fourth-order valence-corrected chi connectivity index (χ4v) is 7.74. The van der Waals surface area contributed by atoms with Crippen LogP contribution in [0.25, 0.3) is 4.48 Å². The molecule has 0 bridgehead atoms. The second-order valence-electron chi connectivity index (χ2n) is 8.04. The Hall–Kier alpha value is -2.80. The molecule has 0 radical (unpaired) electrons. The number of rotatable bonds is 4. The number of hydrogen-bond donors (Lipinski definition) is 0. The maximum absolute atomic E-state index is 14.2. The molecule has 34 heavy (non-hydrogen) atoms. The lowest BCUT2D eigenvalue weighted by Crippen LogP contribution is -2.38. The van der Waals surface area contributed by atoms with Gasteiger partial charge in [0.1, 0.15) is 6.04 Å². The topological polar surface area (TPSA) is 37.4 Å². The van der Waals surface area contributed by atoms with Gasteiger partial charge in [-0.2, -0.15) is 0 Å². The average molecular weight is 549 g/mol. The van der Waals surface area contributed by atoms with Crippen LogP contribution in [0.5, 0.6) is 0 Å². The van der Waals surface area contributed by atoms with Crippen molar-refractivity contribution in [3.63, 3.8) is 0 Å². The van der Waals surface area contributed by atoms with E-state index in [-0.39, 0.29) is 4.90 Å². The molecule has 3 nitrogen and oxygen atoms in total. The Morgan fingerprint density at radius 3 is 2.06 bits per heavy atom. The number of hydrogen-bond acceptors (Lipinski definition) is 3.